The van der Waals surface area contributed by atoms with E-state index in [0.717, 1.165) is 0 Å². The predicted octanol–water partition coefficient (Wildman–Crippen LogP) is 1.20. The van der Waals surface area contributed by atoms with Crippen LogP contribution < -0.4 is 0 Å². The molecule has 0 saturated heterocycles. The van der Waals surface area contributed by atoms with Crippen LogP contribution in [0.4, 0.5) is 0 Å². The standard InChI is InChI=1S/C13H16N4O4P.Y/c1-4-11(21-8-22(18,19)20)9(2)5-17-7-16-12-10(3)14-6-15-13(12)17;/h4,7,11H,1-2,5,8H2,3H3,(H2,18,19,20);/q-1;/t11-;/m1./s1. The fourth-order valence-electron chi connectivity index (χ4n) is 1.90. The molecule has 2 heterocycles. The van der Waals surface area contributed by atoms with E-state index in [1.165, 1.54) is 6.08 Å². The number of rotatable bonds is 7. The molecule has 8 nitrogen and oxygen atoms in total. The molecule has 0 aliphatic rings. The summed E-state index contributed by atoms with van der Waals surface area (Å²) in [6.07, 6.45) is 4.20. The second-order valence-corrected chi connectivity index (χ2v) is 6.32. The van der Waals surface area contributed by atoms with Gasteiger partial charge in [0.25, 0.3) is 0 Å². The molecule has 23 heavy (non-hydrogen) atoms. The number of nitrogens with zero attached hydrogens (tertiary/aromatic N) is 4. The van der Waals surface area contributed by atoms with E-state index in [1.807, 2.05) is 6.92 Å². The van der Waals surface area contributed by atoms with Gasteiger partial charge in [-0.15, -0.1) is 6.58 Å². The molecule has 2 aromatic rings. The number of aromatic nitrogens is 4. The molecule has 0 amide bonds. The van der Waals surface area contributed by atoms with Crippen LogP contribution in [-0.2, 0) is 48.6 Å². The van der Waals surface area contributed by atoms with Crippen molar-refractivity contribution in [2.24, 2.45) is 0 Å². The maximum Gasteiger partial charge on any atom is 0.351 e. The van der Waals surface area contributed by atoms with E-state index < -0.39 is 20.0 Å². The van der Waals surface area contributed by atoms with Gasteiger partial charge < -0.3 is 29.1 Å². The quantitative estimate of drug-likeness (QED) is 0.400. The van der Waals surface area contributed by atoms with Gasteiger partial charge in [0.15, 0.2) is 0 Å². The topological polar surface area (TPSA) is 110 Å². The average molecular weight is 412 g/mol. The van der Waals surface area contributed by atoms with Crippen molar-refractivity contribution in [2.75, 3.05) is 6.35 Å². The Kier molecular flexibility index (Phi) is 7.39. The zero-order valence-corrected chi connectivity index (χ0v) is 16.3. The van der Waals surface area contributed by atoms with E-state index in [0.29, 0.717) is 29.0 Å². The Labute approximate surface area is 158 Å². The largest absolute Gasteiger partial charge is 0.369 e. The summed E-state index contributed by atoms with van der Waals surface area (Å²) in [5, 5.41) is 0. The van der Waals surface area contributed by atoms with Crippen molar-refractivity contribution in [2.45, 2.75) is 19.6 Å². The first kappa shape index (κ1) is 20.3. The summed E-state index contributed by atoms with van der Waals surface area (Å²) in [6, 6.07) is 0. The fraction of sp³-hybridized carbons (Fsp3) is 0.308. The summed E-state index contributed by atoms with van der Waals surface area (Å²) in [6.45, 7) is 9.60. The van der Waals surface area contributed by atoms with E-state index in [9.17, 15) is 4.57 Å². The number of aryl methyl sites for hydroxylation is 1. The summed E-state index contributed by atoms with van der Waals surface area (Å²) in [7, 11) is -4.24. The maximum atomic E-state index is 10.9. The van der Waals surface area contributed by atoms with Gasteiger partial charge in [0.05, 0.1) is 12.4 Å². The smallest absolute Gasteiger partial charge is 0.351 e. The zero-order valence-electron chi connectivity index (χ0n) is 12.6. The van der Waals surface area contributed by atoms with Crippen LogP contribution in [0.25, 0.3) is 11.2 Å². The molecular formula is C13H16N4O4PY-. The summed E-state index contributed by atoms with van der Waals surface area (Å²) < 4.78 is 17.8. The van der Waals surface area contributed by atoms with Crippen LogP contribution in [0.3, 0.4) is 0 Å². The molecule has 0 fully saturated rings. The Balaban J connectivity index is 0.00000264. The van der Waals surface area contributed by atoms with Gasteiger partial charge in [-0.2, -0.15) is 0 Å². The van der Waals surface area contributed by atoms with Crippen molar-refractivity contribution >= 4 is 18.8 Å². The van der Waals surface area contributed by atoms with E-state index >= 15 is 0 Å². The number of imidazole rings is 1. The van der Waals surface area contributed by atoms with Gasteiger partial charge in [0.2, 0.25) is 0 Å². The van der Waals surface area contributed by atoms with Crippen molar-refractivity contribution in [1.29, 1.82) is 0 Å². The van der Waals surface area contributed by atoms with Crippen LogP contribution in [0.5, 0.6) is 0 Å². The first-order valence-electron chi connectivity index (χ1n) is 6.33. The van der Waals surface area contributed by atoms with E-state index in [4.69, 9.17) is 14.5 Å². The molecule has 0 aliphatic carbocycles. The van der Waals surface area contributed by atoms with E-state index in [1.54, 1.807) is 10.9 Å². The molecule has 0 spiro atoms. The van der Waals surface area contributed by atoms with Crippen LogP contribution in [0.1, 0.15) is 5.69 Å². The molecule has 121 valence electrons. The van der Waals surface area contributed by atoms with Crippen LogP contribution in [-0.4, -0.2) is 41.8 Å². The number of hydrogen-bond donors (Lipinski definition) is 2. The molecule has 1 radical (unpaired) electrons. The Morgan fingerprint density at radius 1 is 1.57 bits per heavy atom. The summed E-state index contributed by atoms with van der Waals surface area (Å²) in [4.78, 5) is 29.9. The normalized spacial score (nSPS) is 12.7. The molecule has 0 aromatic carbocycles. The molecule has 10 heteroatoms. The maximum absolute atomic E-state index is 10.9. The molecule has 0 aliphatic heterocycles. The Morgan fingerprint density at radius 2 is 2.26 bits per heavy atom. The number of ether oxygens (including phenoxy) is 1. The minimum Gasteiger partial charge on any atom is -0.369 e. The van der Waals surface area contributed by atoms with Crippen LogP contribution in [0.2, 0.25) is 0 Å². The first-order valence-corrected chi connectivity index (χ1v) is 8.13. The molecular weight excluding hydrogens is 396 g/mol. The van der Waals surface area contributed by atoms with Crippen LogP contribution in [0.15, 0.2) is 31.1 Å². The Hall–Kier alpha value is -0.756. The van der Waals surface area contributed by atoms with Gasteiger partial charge in [-0.05, 0) is 11.3 Å². The van der Waals surface area contributed by atoms with Crippen molar-refractivity contribution in [3.63, 3.8) is 0 Å². The summed E-state index contributed by atoms with van der Waals surface area (Å²) >= 11 is 0. The molecule has 1 atom stereocenters. The van der Waals surface area contributed by atoms with Gasteiger partial charge >= 0.3 is 7.60 Å². The van der Waals surface area contributed by atoms with Gasteiger partial charge in [-0.1, -0.05) is 19.6 Å². The SMILES string of the molecule is C=C[C@@H](OCP(=O)(O)O)C(=C)Cn1cnc2c(C)n[c-]nc21.[Y]. The molecule has 2 aromatic heterocycles. The summed E-state index contributed by atoms with van der Waals surface area (Å²) in [5.41, 5.74) is 2.55. The molecule has 0 saturated carbocycles. The third-order valence-electron chi connectivity index (χ3n) is 2.94. The fourth-order valence-corrected chi connectivity index (χ4v) is 2.26. The molecule has 2 N–H and O–H groups in total. The van der Waals surface area contributed by atoms with Crippen molar-refractivity contribution in [3.8, 4) is 0 Å². The van der Waals surface area contributed by atoms with Gasteiger partial charge in [-0.3, -0.25) is 9.55 Å². The van der Waals surface area contributed by atoms with E-state index in [2.05, 4.69) is 34.4 Å². The van der Waals surface area contributed by atoms with Gasteiger partial charge in [-0.25, -0.2) is 0 Å². The van der Waals surface area contributed by atoms with Crippen molar-refractivity contribution in [3.05, 3.63) is 43.2 Å². The number of hydrogen-bond acceptors (Lipinski definition) is 5. The third kappa shape index (κ3) is 5.38. The minimum absolute atomic E-state index is 0. The van der Waals surface area contributed by atoms with Gasteiger partial charge in [0, 0.05) is 56.7 Å². The van der Waals surface area contributed by atoms with Crippen LogP contribution in [0, 0.1) is 13.3 Å². The molecule has 2 rings (SSSR count). The summed E-state index contributed by atoms with van der Waals surface area (Å²) in [5.74, 6) is 0. The zero-order chi connectivity index (χ0) is 16.3. The average Bonchev–Trinajstić information content (AvgIpc) is 2.83. The van der Waals surface area contributed by atoms with Crippen LogP contribution >= 0.6 is 7.60 Å². The predicted molar refractivity (Wildman–Crippen MR) is 80.0 cm³/mol. The van der Waals surface area contributed by atoms with Gasteiger partial charge in [0.1, 0.15) is 6.35 Å². The molecule has 0 bridgehead atoms. The third-order valence-corrected chi connectivity index (χ3v) is 3.42. The minimum atomic E-state index is -4.24. The van der Waals surface area contributed by atoms with Crippen molar-refractivity contribution in [1.82, 2.24) is 19.5 Å². The Morgan fingerprint density at radius 3 is 2.87 bits per heavy atom. The Bertz CT molecular complexity index is 758. The number of fused-ring (bicyclic) bond motifs is 1. The second-order valence-electron chi connectivity index (χ2n) is 4.73. The van der Waals surface area contributed by atoms with E-state index in [-0.39, 0.29) is 32.7 Å². The first-order chi connectivity index (χ1) is 10.3. The monoisotopic (exact) mass is 412 g/mol. The second kappa shape index (κ2) is 8.37. The van der Waals surface area contributed by atoms with Crippen molar-refractivity contribution < 1.29 is 51.8 Å². The molecule has 0 unspecified atom stereocenters.